The van der Waals surface area contributed by atoms with Crippen LogP contribution in [0.4, 0.5) is 34.1 Å². The van der Waals surface area contributed by atoms with Gasteiger partial charge >= 0.3 is 0 Å². The lowest BCUT2D eigenvalue weighted by Gasteiger charge is -2.34. The van der Waals surface area contributed by atoms with Crippen LogP contribution in [0, 0.1) is 0 Å². The van der Waals surface area contributed by atoms with E-state index in [4.69, 9.17) is 9.15 Å². The van der Waals surface area contributed by atoms with Crippen molar-refractivity contribution in [1.82, 2.24) is 0 Å². The number of rotatable bonds is 5. The molecule has 0 unspecified atom stereocenters. The number of anilines is 6. The fraction of sp³-hybridized carbons (Fsp3) is 0. The van der Waals surface area contributed by atoms with E-state index in [0.29, 0.717) is 0 Å². The van der Waals surface area contributed by atoms with Gasteiger partial charge in [0.15, 0.2) is 11.5 Å². The summed E-state index contributed by atoms with van der Waals surface area (Å²) in [5.41, 5.74) is 10.1. The van der Waals surface area contributed by atoms with E-state index >= 15 is 0 Å². The first kappa shape index (κ1) is 26.2. The second-order valence-electron chi connectivity index (χ2n) is 11.4. The SMILES string of the molecule is c1ccc(-c2ccccc2N(c2ccccc2)c2ccc3c(c2)Oc2ccccc2N3c2ccc3c(c2)oc2ccccc23)cc1. The van der Waals surface area contributed by atoms with Crippen molar-refractivity contribution in [2.75, 3.05) is 9.80 Å². The molecule has 0 radical (unpaired) electrons. The molecule has 0 atom stereocenters. The Labute approximate surface area is 267 Å². The third-order valence-electron chi connectivity index (χ3n) is 8.63. The molecule has 0 saturated heterocycles. The molecule has 4 nitrogen and oxygen atoms in total. The van der Waals surface area contributed by atoms with E-state index in [2.05, 4.69) is 137 Å². The molecule has 46 heavy (non-hydrogen) atoms. The van der Waals surface area contributed by atoms with Gasteiger partial charge in [0.2, 0.25) is 0 Å². The van der Waals surface area contributed by atoms with Crippen molar-refractivity contribution in [3.8, 4) is 22.6 Å². The molecule has 1 aliphatic heterocycles. The molecule has 8 aromatic rings. The van der Waals surface area contributed by atoms with E-state index in [1.807, 2.05) is 42.5 Å². The monoisotopic (exact) mass is 592 g/mol. The Bertz CT molecular complexity index is 2360. The Morgan fingerprint density at radius 2 is 1.15 bits per heavy atom. The van der Waals surface area contributed by atoms with Gasteiger partial charge in [-0.25, -0.2) is 0 Å². The number of hydrogen-bond acceptors (Lipinski definition) is 4. The lowest BCUT2D eigenvalue weighted by Crippen LogP contribution is -2.17. The molecule has 218 valence electrons. The van der Waals surface area contributed by atoms with Crippen molar-refractivity contribution in [3.05, 3.63) is 170 Å². The van der Waals surface area contributed by atoms with E-state index < -0.39 is 0 Å². The van der Waals surface area contributed by atoms with Crippen molar-refractivity contribution in [2.24, 2.45) is 0 Å². The first-order valence-electron chi connectivity index (χ1n) is 15.4. The normalized spacial score (nSPS) is 12.0. The maximum Gasteiger partial charge on any atom is 0.153 e. The number of furan rings is 1. The maximum atomic E-state index is 6.65. The standard InChI is InChI=1S/C42H28N2O2/c1-3-13-29(14-4-1)33-17-7-9-19-36(33)43(30-15-5-2-6-16-30)31-24-26-38-42(28-31)46-40-22-12-10-20-37(40)44(38)32-23-25-35-34-18-8-11-21-39(34)45-41(35)27-32/h1-28H. The van der Waals surface area contributed by atoms with Gasteiger partial charge in [0.05, 0.1) is 28.4 Å². The highest BCUT2D eigenvalue weighted by molar-refractivity contribution is 6.06. The Hall–Kier alpha value is -6.26. The maximum absolute atomic E-state index is 6.65. The predicted molar refractivity (Wildman–Crippen MR) is 189 cm³/mol. The van der Waals surface area contributed by atoms with E-state index in [1.165, 1.54) is 0 Å². The Morgan fingerprint density at radius 3 is 2.04 bits per heavy atom. The molecule has 7 aromatic carbocycles. The van der Waals surface area contributed by atoms with Crippen LogP contribution in [-0.2, 0) is 0 Å². The molecule has 0 N–H and O–H groups in total. The van der Waals surface area contributed by atoms with Crippen LogP contribution in [0.3, 0.4) is 0 Å². The summed E-state index contributed by atoms with van der Waals surface area (Å²) < 4.78 is 12.9. The van der Waals surface area contributed by atoms with Crippen LogP contribution in [0.25, 0.3) is 33.1 Å². The molecule has 0 aliphatic carbocycles. The van der Waals surface area contributed by atoms with E-state index in [1.54, 1.807) is 0 Å². The van der Waals surface area contributed by atoms with E-state index in [9.17, 15) is 0 Å². The summed E-state index contributed by atoms with van der Waals surface area (Å²) in [4.78, 5) is 4.56. The zero-order valence-corrected chi connectivity index (χ0v) is 24.9. The van der Waals surface area contributed by atoms with Gasteiger partial charge in [-0.05, 0) is 66.2 Å². The molecule has 2 heterocycles. The largest absolute Gasteiger partial charge is 0.456 e. The van der Waals surface area contributed by atoms with Crippen LogP contribution < -0.4 is 14.5 Å². The number of fused-ring (bicyclic) bond motifs is 5. The molecular formula is C42H28N2O2. The summed E-state index contributed by atoms with van der Waals surface area (Å²) in [6, 6.07) is 58.9. The molecule has 0 bridgehead atoms. The first-order valence-corrected chi connectivity index (χ1v) is 15.4. The third-order valence-corrected chi connectivity index (χ3v) is 8.63. The van der Waals surface area contributed by atoms with Gasteiger partial charge in [-0.15, -0.1) is 0 Å². The topological polar surface area (TPSA) is 28.9 Å². The minimum Gasteiger partial charge on any atom is -0.456 e. The van der Waals surface area contributed by atoms with Gasteiger partial charge in [0, 0.05) is 34.2 Å². The van der Waals surface area contributed by atoms with Gasteiger partial charge in [0.25, 0.3) is 0 Å². The van der Waals surface area contributed by atoms with Crippen LogP contribution in [0.15, 0.2) is 174 Å². The fourth-order valence-electron chi connectivity index (χ4n) is 6.55. The van der Waals surface area contributed by atoms with Crippen LogP contribution in [0.2, 0.25) is 0 Å². The number of benzene rings is 7. The smallest absolute Gasteiger partial charge is 0.153 e. The van der Waals surface area contributed by atoms with E-state index in [-0.39, 0.29) is 0 Å². The lowest BCUT2D eigenvalue weighted by molar-refractivity contribution is 0.477. The summed E-state index contributed by atoms with van der Waals surface area (Å²) in [6.45, 7) is 0. The van der Waals surface area contributed by atoms with Crippen LogP contribution in [-0.4, -0.2) is 0 Å². The summed E-state index contributed by atoms with van der Waals surface area (Å²) in [5.74, 6) is 1.58. The lowest BCUT2D eigenvalue weighted by atomic mass is 10.0. The van der Waals surface area contributed by atoms with Crippen molar-refractivity contribution >= 4 is 56.1 Å². The average Bonchev–Trinajstić information content (AvgIpc) is 3.50. The Kier molecular flexibility index (Phi) is 6.10. The number of para-hydroxylation sites is 5. The number of ether oxygens (including phenoxy) is 1. The second-order valence-corrected chi connectivity index (χ2v) is 11.4. The molecule has 0 spiro atoms. The highest BCUT2D eigenvalue weighted by Crippen LogP contribution is 2.53. The second kappa shape index (κ2) is 10.7. The van der Waals surface area contributed by atoms with Crippen LogP contribution >= 0.6 is 0 Å². The summed E-state index contributed by atoms with van der Waals surface area (Å²) in [6.07, 6.45) is 0. The molecule has 4 heteroatoms. The molecule has 1 aromatic heterocycles. The zero-order valence-electron chi connectivity index (χ0n) is 24.9. The van der Waals surface area contributed by atoms with Crippen LogP contribution in [0.1, 0.15) is 0 Å². The molecule has 0 amide bonds. The predicted octanol–water partition coefficient (Wildman–Crippen LogP) is 12.3. The molecule has 1 aliphatic rings. The number of nitrogens with zero attached hydrogens (tertiary/aromatic N) is 2. The third kappa shape index (κ3) is 4.31. The van der Waals surface area contributed by atoms with Gasteiger partial charge in [-0.3, -0.25) is 0 Å². The van der Waals surface area contributed by atoms with Crippen molar-refractivity contribution < 1.29 is 9.15 Å². The highest BCUT2D eigenvalue weighted by atomic mass is 16.5. The van der Waals surface area contributed by atoms with Crippen LogP contribution in [0.5, 0.6) is 11.5 Å². The highest BCUT2D eigenvalue weighted by Gasteiger charge is 2.28. The molecule has 0 fully saturated rings. The fourth-order valence-corrected chi connectivity index (χ4v) is 6.55. The minimum absolute atomic E-state index is 0.777. The quantitative estimate of drug-likeness (QED) is 0.199. The molecule has 0 saturated carbocycles. The summed E-state index contributed by atoms with van der Waals surface area (Å²) in [5, 5.41) is 2.22. The van der Waals surface area contributed by atoms with Gasteiger partial charge in [-0.1, -0.05) is 97.1 Å². The number of hydrogen-bond donors (Lipinski definition) is 0. The van der Waals surface area contributed by atoms with Gasteiger partial charge < -0.3 is 19.0 Å². The first-order chi connectivity index (χ1) is 22.8. The Morgan fingerprint density at radius 1 is 0.457 bits per heavy atom. The minimum atomic E-state index is 0.777. The van der Waals surface area contributed by atoms with Crippen molar-refractivity contribution in [1.29, 1.82) is 0 Å². The van der Waals surface area contributed by atoms with Gasteiger partial charge in [-0.2, -0.15) is 0 Å². The molecular weight excluding hydrogens is 564 g/mol. The van der Waals surface area contributed by atoms with Crippen molar-refractivity contribution in [3.63, 3.8) is 0 Å². The average molecular weight is 593 g/mol. The Balaban J connectivity index is 1.21. The van der Waals surface area contributed by atoms with E-state index in [0.717, 1.165) is 78.7 Å². The van der Waals surface area contributed by atoms with Gasteiger partial charge in [0.1, 0.15) is 11.2 Å². The summed E-state index contributed by atoms with van der Waals surface area (Å²) >= 11 is 0. The summed E-state index contributed by atoms with van der Waals surface area (Å²) in [7, 11) is 0. The zero-order chi connectivity index (χ0) is 30.5. The molecule has 9 rings (SSSR count). The van der Waals surface area contributed by atoms with Crippen molar-refractivity contribution in [2.45, 2.75) is 0 Å².